The topological polar surface area (TPSA) is 78.4 Å². The van der Waals surface area contributed by atoms with E-state index in [0.717, 1.165) is 12.0 Å². The molecule has 0 radical (unpaired) electrons. The number of aliphatic hydroxyl groups excluding tert-OH is 1. The lowest BCUT2D eigenvalue weighted by molar-refractivity contribution is -0.139. The molecule has 1 rings (SSSR count). The Morgan fingerprint density at radius 1 is 1.15 bits per heavy atom. The Bertz CT molecular complexity index is 455. The highest BCUT2D eigenvalue weighted by Gasteiger charge is 2.17. The van der Waals surface area contributed by atoms with Gasteiger partial charge in [0.2, 0.25) is 0 Å². The fourth-order valence-electron chi connectivity index (χ4n) is 1.71. The molecular weight excluding hydrogens is 256 g/mol. The van der Waals surface area contributed by atoms with Crippen LogP contribution in [-0.4, -0.2) is 29.6 Å². The second kappa shape index (κ2) is 7.65. The molecular formula is C15H22N2O3. The number of hydrogen-bond acceptors (Lipinski definition) is 3. The van der Waals surface area contributed by atoms with E-state index in [9.17, 15) is 9.59 Å². The maximum absolute atomic E-state index is 11.7. The van der Waals surface area contributed by atoms with Crippen LogP contribution in [0.2, 0.25) is 0 Å². The second-order valence-corrected chi connectivity index (χ2v) is 4.85. The van der Waals surface area contributed by atoms with Crippen molar-refractivity contribution in [3.05, 3.63) is 35.4 Å². The molecule has 2 unspecified atom stereocenters. The smallest absolute Gasteiger partial charge is 0.309 e. The monoisotopic (exact) mass is 278 g/mol. The normalized spacial score (nSPS) is 13.4. The Labute approximate surface area is 119 Å². The molecule has 0 bridgehead atoms. The minimum atomic E-state index is -0.733. The van der Waals surface area contributed by atoms with Crippen LogP contribution in [0.15, 0.2) is 24.3 Å². The molecule has 5 nitrogen and oxygen atoms in total. The summed E-state index contributed by atoms with van der Waals surface area (Å²) in [7, 11) is 0. The SMILES string of the molecule is CCc1ccc(C(C)NC(=O)C(=O)NCC(C)O)cc1. The molecule has 0 aliphatic carbocycles. The largest absolute Gasteiger partial charge is 0.392 e. The van der Waals surface area contributed by atoms with Crippen LogP contribution in [0.25, 0.3) is 0 Å². The highest BCUT2D eigenvalue weighted by Crippen LogP contribution is 2.13. The van der Waals surface area contributed by atoms with Gasteiger partial charge >= 0.3 is 11.8 Å². The van der Waals surface area contributed by atoms with Crippen molar-refractivity contribution in [3.63, 3.8) is 0 Å². The summed E-state index contributed by atoms with van der Waals surface area (Å²) in [5.74, 6) is -1.43. The van der Waals surface area contributed by atoms with Gasteiger partial charge in [-0.1, -0.05) is 31.2 Å². The molecule has 0 saturated heterocycles. The van der Waals surface area contributed by atoms with E-state index < -0.39 is 17.9 Å². The van der Waals surface area contributed by atoms with E-state index in [1.54, 1.807) is 0 Å². The van der Waals surface area contributed by atoms with E-state index in [0.29, 0.717) is 0 Å². The van der Waals surface area contributed by atoms with Gasteiger partial charge in [-0.15, -0.1) is 0 Å². The Hall–Kier alpha value is -1.88. The van der Waals surface area contributed by atoms with Gasteiger partial charge in [-0.05, 0) is 31.4 Å². The molecule has 1 aromatic carbocycles. The summed E-state index contributed by atoms with van der Waals surface area (Å²) >= 11 is 0. The molecule has 0 saturated carbocycles. The molecule has 2 amide bonds. The molecule has 0 aromatic heterocycles. The zero-order chi connectivity index (χ0) is 15.1. The number of carbonyl (C=O) groups excluding carboxylic acids is 2. The number of aryl methyl sites for hydroxylation is 1. The molecule has 3 N–H and O–H groups in total. The van der Waals surface area contributed by atoms with Gasteiger partial charge in [0, 0.05) is 6.54 Å². The van der Waals surface area contributed by atoms with E-state index in [1.807, 2.05) is 31.2 Å². The molecule has 5 heteroatoms. The fourth-order valence-corrected chi connectivity index (χ4v) is 1.71. The van der Waals surface area contributed by atoms with E-state index in [4.69, 9.17) is 5.11 Å². The summed E-state index contributed by atoms with van der Waals surface area (Å²) in [5.41, 5.74) is 2.17. The van der Waals surface area contributed by atoms with Crippen molar-refractivity contribution in [2.24, 2.45) is 0 Å². The summed E-state index contributed by atoms with van der Waals surface area (Å²) in [5, 5.41) is 14.0. The van der Waals surface area contributed by atoms with Gasteiger partial charge in [-0.3, -0.25) is 9.59 Å². The third kappa shape index (κ3) is 5.01. The minimum Gasteiger partial charge on any atom is -0.392 e. The molecule has 2 atom stereocenters. The molecule has 0 spiro atoms. The van der Waals surface area contributed by atoms with E-state index in [2.05, 4.69) is 17.6 Å². The highest BCUT2D eigenvalue weighted by molar-refractivity contribution is 6.35. The summed E-state index contributed by atoms with van der Waals surface area (Å²) < 4.78 is 0. The first kappa shape index (κ1) is 16.2. The minimum absolute atomic E-state index is 0.0613. The van der Waals surface area contributed by atoms with Crippen LogP contribution in [0.1, 0.15) is 37.9 Å². The van der Waals surface area contributed by atoms with Crippen LogP contribution >= 0.6 is 0 Å². The van der Waals surface area contributed by atoms with Crippen molar-refractivity contribution in [1.82, 2.24) is 10.6 Å². The Kier molecular flexibility index (Phi) is 6.18. The number of amides is 2. The van der Waals surface area contributed by atoms with Gasteiger partial charge in [0.15, 0.2) is 0 Å². The van der Waals surface area contributed by atoms with Crippen molar-refractivity contribution >= 4 is 11.8 Å². The first-order valence-electron chi connectivity index (χ1n) is 6.79. The third-order valence-electron chi connectivity index (χ3n) is 3.00. The number of aliphatic hydroxyl groups is 1. The van der Waals surface area contributed by atoms with Gasteiger partial charge in [0.05, 0.1) is 12.1 Å². The number of benzene rings is 1. The highest BCUT2D eigenvalue weighted by atomic mass is 16.3. The van der Waals surface area contributed by atoms with Crippen LogP contribution < -0.4 is 10.6 Å². The number of rotatable bonds is 5. The summed E-state index contributed by atoms with van der Waals surface area (Å²) in [4.78, 5) is 23.1. The molecule has 0 aliphatic rings. The van der Waals surface area contributed by atoms with Gasteiger partial charge in [-0.25, -0.2) is 0 Å². The zero-order valence-electron chi connectivity index (χ0n) is 12.1. The lowest BCUT2D eigenvalue weighted by Crippen LogP contribution is -2.43. The van der Waals surface area contributed by atoms with Crippen LogP contribution in [0.5, 0.6) is 0 Å². The van der Waals surface area contributed by atoms with E-state index >= 15 is 0 Å². The zero-order valence-corrected chi connectivity index (χ0v) is 12.1. The van der Waals surface area contributed by atoms with Crippen molar-refractivity contribution < 1.29 is 14.7 Å². The molecule has 20 heavy (non-hydrogen) atoms. The van der Waals surface area contributed by atoms with E-state index in [-0.39, 0.29) is 12.6 Å². The lowest BCUT2D eigenvalue weighted by atomic mass is 10.1. The average Bonchev–Trinajstić information content (AvgIpc) is 2.44. The molecule has 110 valence electrons. The van der Waals surface area contributed by atoms with Crippen molar-refractivity contribution in [2.45, 2.75) is 39.3 Å². The van der Waals surface area contributed by atoms with E-state index in [1.165, 1.54) is 12.5 Å². The number of carbonyl (C=O) groups is 2. The second-order valence-electron chi connectivity index (χ2n) is 4.85. The molecule has 0 heterocycles. The van der Waals surface area contributed by atoms with Gasteiger partial charge in [-0.2, -0.15) is 0 Å². The van der Waals surface area contributed by atoms with Crippen LogP contribution in [0.4, 0.5) is 0 Å². The standard InChI is InChI=1S/C15H22N2O3/c1-4-12-5-7-13(8-6-12)11(3)17-15(20)14(19)16-9-10(2)18/h5-8,10-11,18H,4,9H2,1-3H3,(H,16,19)(H,17,20). The summed E-state index contributed by atoms with van der Waals surface area (Å²) in [6, 6.07) is 7.65. The predicted octanol–water partition coefficient (Wildman–Crippen LogP) is 0.923. The Balaban J connectivity index is 2.53. The van der Waals surface area contributed by atoms with Crippen LogP contribution in [0, 0.1) is 0 Å². The first-order chi connectivity index (χ1) is 9.43. The summed E-state index contributed by atoms with van der Waals surface area (Å²) in [6.07, 6.45) is 0.286. The van der Waals surface area contributed by atoms with Crippen molar-refractivity contribution in [1.29, 1.82) is 0 Å². The van der Waals surface area contributed by atoms with Gasteiger partial charge in [0.25, 0.3) is 0 Å². The molecule has 1 aromatic rings. The van der Waals surface area contributed by atoms with Crippen LogP contribution in [0.3, 0.4) is 0 Å². The van der Waals surface area contributed by atoms with Gasteiger partial charge < -0.3 is 15.7 Å². The quantitative estimate of drug-likeness (QED) is 0.701. The van der Waals surface area contributed by atoms with Crippen LogP contribution in [-0.2, 0) is 16.0 Å². The molecule has 0 fully saturated rings. The number of nitrogens with one attached hydrogen (secondary N) is 2. The third-order valence-corrected chi connectivity index (χ3v) is 3.00. The maximum Gasteiger partial charge on any atom is 0.309 e. The molecule has 0 aliphatic heterocycles. The van der Waals surface area contributed by atoms with Crippen molar-refractivity contribution in [3.8, 4) is 0 Å². The first-order valence-corrected chi connectivity index (χ1v) is 6.79. The Morgan fingerprint density at radius 2 is 1.75 bits per heavy atom. The number of hydrogen-bond donors (Lipinski definition) is 3. The maximum atomic E-state index is 11.7. The lowest BCUT2D eigenvalue weighted by Gasteiger charge is -2.15. The van der Waals surface area contributed by atoms with Gasteiger partial charge in [0.1, 0.15) is 0 Å². The van der Waals surface area contributed by atoms with Crippen molar-refractivity contribution in [2.75, 3.05) is 6.54 Å². The average molecular weight is 278 g/mol. The predicted molar refractivity (Wildman–Crippen MR) is 77.1 cm³/mol. The summed E-state index contributed by atoms with van der Waals surface area (Å²) in [6.45, 7) is 5.50. The fraction of sp³-hybridized carbons (Fsp3) is 0.467. The Morgan fingerprint density at radius 3 is 2.25 bits per heavy atom.